The Hall–Kier alpha value is -3.72. The van der Waals surface area contributed by atoms with Crippen LogP contribution in [0.15, 0.2) is 42.5 Å². The Bertz CT molecular complexity index is 1280. The van der Waals surface area contributed by atoms with Gasteiger partial charge in [-0.2, -0.15) is 0 Å². The summed E-state index contributed by atoms with van der Waals surface area (Å²) in [4.78, 5) is 35.4. The van der Waals surface area contributed by atoms with Gasteiger partial charge in [0, 0.05) is 56.3 Å². The maximum absolute atomic E-state index is 13.2. The molecular weight excluding hydrogens is 446 g/mol. The van der Waals surface area contributed by atoms with E-state index in [4.69, 9.17) is 9.72 Å². The van der Waals surface area contributed by atoms with E-state index in [1.807, 2.05) is 11.0 Å². The Morgan fingerprint density at radius 2 is 1.69 bits per heavy atom. The Morgan fingerprint density at radius 1 is 0.943 bits per heavy atom. The highest BCUT2D eigenvalue weighted by molar-refractivity contribution is 5.96. The van der Waals surface area contributed by atoms with Gasteiger partial charge in [-0.15, -0.1) is 0 Å². The van der Waals surface area contributed by atoms with E-state index in [1.54, 1.807) is 17.0 Å². The van der Waals surface area contributed by atoms with Gasteiger partial charge < -0.3 is 19.4 Å². The second kappa shape index (κ2) is 9.50. The highest BCUT2D eigenvalue weighted by Crippen LogP contribution is 2.31. The number of fused-ring (bicyclic) bond motifs is 1. The molecule has 9 nitrogen and oxygen atoms in total. The number of hydrogen-bond acceptors (Lipinski definition) is 7. The van der Waals surface area contributed by atoms with Crippen LogP contribution in [-0.4, -0.2) is 73.2 Å². The Labute approximate surface area is 204 Å². The van der Waals surface area contributed by atoms with Gasteiger partial charge in [-0.25, -0.2) is 4.98 Å². The van der Waals surface area contributed by atoms with Crippen molar-refractivity contribution in [2.24, 2.45) is 0 Å². The fourth-order valence-corrected chi connectivity index (χ4v) is 4.90. The van der Waals surface area contributed by atoms with E-state index in [1.165, 1.54) is 11.6 Å². The molecular formula is C26H29N5O4. The average molecular weight is 476 g/mol. The van der Waals surface area contributed by atoms with Gasteiger partial charge in [0.15, 0.2) is 0 Å². The van der Waals surface area contributed by atoms with Crippen molar-refractivity contribution in [2.75, 3.05) is 62.3 Å². The zero-order valence-electron chi connectivity index (χ0n) is 20.1. The Kier molecular flexibility index (Phi) is 6.25. The van der Waals surface area contributed by atoms with E-state index >= 15 is 0 Å². The Morgan fingerprint density at radius 3 is 2.40 bits per heavy atom. The first-order valence-electron chi connectivity index (χ1n) is 11.9. The van der Waals surface area contributed by atoms with Crippen LogP contribution in [0.1, 0.15) is 21.5 Å². The highest BCUT2D eigenvalue weighted by Gasteiger charge is 2.27. The average Bonchev–Trinajstić information content (AvgIpc) is 2.89. The number of piperazine rings is 1. The third-order valence-corrected chi connectivity index (χ3v) is 6.90. The molecule has 2 aliphatic heterocycles. The largest absolute Gasteiger partial charge is 0.378 e. The van der Waals surface area contributed by atoms with Crippen molar-refractivity contribution in [3.8, 4) is 0 Å². The number of ether oxygens (including phenoxy) is 1. The number of nitro groups is 1. The predicted molar refractivity (Wildman–Crippen MR) is 135 cm³/mol. The first kappa shape index (κ1) is 23.0. The molecule has 1 aromatic heterocycles. The highest BCUT2D eigenvalue weighted by atomic mass is 16.6. The number of rotatable bonds is 4. The molecule has 0 aliphatic carbocycles. The van der Waals surface area contributed by atoms with E-state index < -0.39 is 4.92 Å². The van der Waals surface area contributed by atoms with E-state index in [2.05, 4.69) is 36.9 Å². The van der Waals surface area contributed by atoms with Crippen molar-refractivity contribution in [1.82, 2.24) is 9.88 Å². The van der Waals surface area contributed by atoms with Crippen LogP contribution in [-0.2, 0) is 4.74 Å². The van der Waals surface area contributed by atoms with Crippen LogP contribution in [0.2, 0.25) is 0 Å². The van der Waals surface area contributed by atoms with Crippen molar-refractivity contribution in [2.45, 2.75) is 13.8 Å². The number of nitrogens with zero attached hydrogens (tertiary/aromatic N) is 5. The van der Waals surface area contributed by atoms with E-state index in [9.17, 15) is 14.9 Å². The van der Waals surface area contributed by atoms with Crippen LogP contribution in [0.3, 0.4) is 0 Å². The molecule has 0 spiro atoms. The first-order valence-corrected chi connectivity index (χ1v) is 11.9. The third-order valence-electron chi connectivity index (χ3n) is 6.90. The molecule has 0 radical (unpaired) electrons. The monoisotopic (exact) mass is 475 g/mol. The number of para-hydroxylation sites is 1. The molecule has 9 heteroatoms. The summed E-state index contributed by atoms with van der Waals surface area (Å²) >= 11 is 0. The summed E-state index contributed by atoms with van der Waals surface area (Å²) in [6.45, 7) is 8.80. The molecule has 0 atom stereocenters. The quantitative estimate of drug-likeness (QED) is 0.421. The summed E-state index contributed by atoms with van der Waals surface area (Å²) < 4.78 is 5.36. The molecule has 2 aromatic carbocycles. The number of anilines is 2. The number of carbonyl (C=O) groups excluding carboxylic acids is 1. The second-order valence-corrected chi connectivity index (χ2v) is 9.11. The molecule has 0 bridgehead atoms. The fourth-order valence-electron chi connectivity index (χ4n) is 4.90. The summed E-state index contributed by atoms with van der Waals surface area (Å²) in [6, 6.07) is 13.1. The summed E-state index contributed by atoms with van der Waals surface area (Å²) in [5.41, 5.74) is 4.17. The minimum Gasteiger partial charge on any atom is -0.378 e. The molecule has 35 heavy (non-hydrogen) atoms. The summed E-state index contributed by atoms with van der Waals surface area (Å²) in [7, 11) is 0. The molecule has 0 N–H and O–H groups in total. The summed E-state index contributed by atoms with van der Waals surface area (Å²) in [5, 5.41) is 12.9. The number of pyridine rings is 1. The zero-order chi connectivity index (χ0) is 24.5. The number of hydrogen-bond donors (Lipinski definition) is 0. The topological polar surface area (TPSA) is 92.0 Å². The van der Waals surface area contributed by atoms with Crippen molar-refractivity contribution < 1.29 is 14.5 Å². The maximum atomic E-state index is 13.2. The minimum atomic E-state index is -0.408. The molecule has 182 valence electrons. The number of benzene rings is 2. The molecule has 2 saturated heterocycles. The lowest BCUT2D eigenvalue weighted by atomic mass is 10.1. The van der Waals surface area contributed by atoms with Crippen molar-refractivity contribution >= 4 is 34.0 Å². The van der Waals surface area contributed by atoms with Gasteiger partial charge in [0.25, 0.3) is 11.6 Å². The molecule has 3 aromatic rings. The number of amides is 1. The lowest BCUT2D eigenvalue weighted by Gasteiger charge is -2.36. The maximum Gasteiger partial charge on any atom is 0.293 e. The first-order chi connectivity index (χ1) is 16.9. The van der Waals surface area contributed by atoms with Gasteiger partial charge in [0.2, 0.25) is 0 Å². The standard InChI is InChI=1S/C26H29N5O4/c1-18-4-3-5-21-19(2)16-24(27-25(18)21)29-8-10-30(11-9-29)26(32)20-6-7-22(23(17-20)31(33)34)28-12-14-35-15-13-28/h3-7,16-17H,8-15H2,1-2H3. The van der Waals surface area contributed by atoms with E-state index in [0.29, 0.717) is 63.7 Å². The van der Waals surface area contributed by atoms with Gasteiger partial charge in [-0.1, -0.05) is 18.2 Å². The second-order valence-electron chi connectivity index (χ2n) is 9.11. The third kappa shape index (κ3) is 4.51. The van der Waals surface area contributed by atoms with Crippen molar-refractivity contribution in [3.63, 3.8) is 0 Å². The summed E-state index contributed by atoms with van der Waals surface area (Å²) in [5.74, 6) is 0.738. The molecule has 3 heterocycles. The van der Waals surface area contributed by atoms with Crippen LogP contribution < -0.4 is 9.80 Å². The molecule has 0 saturated carbocycles. The lowest BCUT2D eigenvalue weighted by molar-refractivity contribution is -0.384. The van der Waals surface area contributed by atoms with Gasteiger partial charge in [-0.3, -0.25) is 14.9 Å². The van der Waals surface area contributed by atoms with E-state index in [0.717, 1.165) is 22.3 Å². The van der Waals surface area contributed by atoms with Gasteiger partial charge >= 0.3 is 0 Å². The molecule has 2 fully saturated rings. The van der Waals surface area contributed by atoms with Gasteiger partial charge in [0.05, 0.1) is 23.7 Å². The number of aromatic nitrogens is 1. The van der Waals surface area contributed by atoms with Gasteiger partial charge in [0.1, 0.15) is 11.5 Å². The Balaban J connectivity index is 1.31. The van der Waals surface area contributed by atoms with E-state index in [-0.39, 0.29) is 11.6 Å². The molecule has 1 amide bonds. The number of morpholine rings is 1. The lowest BCUT2D eigenvalue weighted by Crippen LogP contribution is -2.49. The number of nitro benzene ring substituents is 1. The van der Waals surface area contributed by atoms with Crippen LogP contribution >= 0.6 is 0 Å². The van der Waals surface area contributed by atoms with Gasteiger partial charge in [-0.05, 0) is 43.2 Å². The normalized spacial score (nSPS) is 16.6. The van der Waals surface area contributed by atoms with Crippen LogP contribution in [0.5, 0.6) is 0 Å². The fraction of sp³-hybridized carbons (Fsp3) is 0.385. The van der Waals surface area contributed by atoms with Crippen molar-refractivity contribution in [3.05, 3.63) is 69.3 Å². The van der Waals surface area contributed by atoms with Crippen LogP contribution in [0, 0.1) is 24.0 Å². The molecule has 2 aliphatic rings. The molecule has 0 unspecified atom stereocenters. The number of carbonyl (C=O) groups is 1. The molecule has 5 rings (SSSR count). The van der Waals surface area contributed by atoms with Crippen LogP contribution in [0.25, 0.3) is 10.9 Å². The van der Waals surface area contributed by atoms with Crippen LogP contribution in [0.4, 0.5) is 17.2 Å². The predicted octanol–water partition coefficient (Wildman–Crippen LogP) is 3.56. The summed E-state index contributed by atoms with van der Waals surface area (Å²) in [6.07, 6.45) is 0. The van der Waals surface area contributed by atoms with Crippen molar-refractivity contribution in [1.29, 1.82) is 0 Å². The minimum absolute atomic E-state index is 0.0393. The SMILES string of the molecule is Cc1cc(N2CCN(C(=O)c3ccc(N4CCOCC4)c([N+](=O)[O-])c3)CC2)nc2c(C)cccc12. The number of aryl methyl sites for hydroxylation is 2. The zero-order valence-corrected chi connectivity index (χ0v) is 20.1. The smallest absolute Gasteiger partial charge is 0.293 e.